The number of carbonyl (C=O) groups is 4. The zero-order valence-electron chi connectivity index (χ0n) is 36.8. The Morgan fingerprint density at radius 2 is 1.78 bits per heavy atom. The molecule has 1 fully saturated rings. The lowest BCUT2D eigenvalue weighted by molar-refractivity contribution is -0.316. The topological polar surface area (TPSA) is 347 Å². The van der Waals surface area contributed by atoms with E-state index in [1.165, 1.54) is 38.4 Å². The lowest BCUT2D eigenvalue weighted by Crippen LogP contribution is -2.68. The van der Waals surface area contributed by atoms with Crippen molar-refractivity contribution < 1.29 is 64.0 Å². The molecule has 8 atom stereocenters. The third-order valence-electron chi connectivity index (χ3n) is 12.7. The first-order valence-electron chi connectivity index (χ1n) is 21.6. The lowest BCUT2D eigenvalue weighted by Gasteiger charge is -2.49. The number of nitrogens with two attached hydrogens (primary N) is 3. The summed E-state index contributed by atoms with van der Waals surface area (Å²) in [5.41, 5.74) is 16.6. The van der Waals surface area contributed by atoms with Gasteiger partial charge in [-0.3, -0.25) is 29.1 Å². The molecule has 21 nitrogen and oxygen atoms in total. The molecule has 1 saturated heterocycles. The highest BCUT2D eigenvalue weighted by molar-refractivity contribution is 6.30. The maximum atomic E-state index is 14.8. The van der Waals surface area contributed by atoms with E-state index in [0.717, 1.165) is 22.6 Å². The molecule has 358 valence electrons. The predicted octanol–water partition coefficient (Wildman–Crippen LogP) is -1.72. The Labute approximate surface area is 384 Å². The highest BCUT2D eigenvalue weighted by Gasteiger charge is 2.57. The number of aromatic hydroxyl groups is 1. The quantitative estimate of drug-likeness (QED) is 0.0407. The Morgan fingerprint density at radius 1 is 1.04 bits per heavy atom. The number of ketones is 2. The molecule has 7 rings (SSSR count). The molecular weight excluding hydrogens is 873 g/mol. The summed E-state index contributed by atoms with van der Waals surface area (Å²) in [5.74, 6) is -4.47. The lowest BCUT2D eigenvalue weighted by atomic mass is 9.75. The van der Waals surface area contributed by atoms with Gasteiger partial charge in [0.05, 0.1) is 36.8 Å². The zero-order chi connectivity index (χ0) is 48.3. The highest BCUT2D eigenvalue weighted by atomic mass is 16.7. The first-order valence-corrected chi connectivity index (χ1v) is 21.6. The van der Waals surface area contributed by atoms with E-state index in [4.69, 9.17) is 31.4 Å². The molecule has 0 aromatic heterocycles. The molecule has 1 aliphatic carbocycles. The molecule has 0 bridgehead atoms. The number of hydrogen-bond donors (Lipinski definition) is 12. The number of nitrogens with zero attached hydrogens (tertiary/aromatic N) is 2. The van der Waals surface area contributed by atoms with Crippen LogP contribution in [0.1, 0.15) is 62.2 Å². The van der Waals surface area contributed by atoms with E-state index in [9.17, 15) is 49.8 Å². The summed E-state index contributed by atoms with van der Waals surface area (Å²) >= 11 is 0. The molecule has 5 aliphatic rings. The number of hydrogen-bond acceptors (Lipinski definition) is 18. The van der Waals surface area contributed by atoms with Crippen LogP contribution >= 0.6 is 0 Å². The fourth-order valence-electron chi connectivity index (χ4n) is 9.10. The molecule has 0 saturated carbocycles. The number of methoxy groups -OCH3 is 1. The number of carbonyl (C=O) groups excluding carboxylic acids is 4. The highest BCUT2D eigenvalue weighted by Crippen LogP contribution is 2.45. The largest absolute Gasteiger partial charge is 0.507 e. The third-order valence-corrected chi connectivity index (χ3v) is 12.7. The number of allylic oxidation sites excluding steroid dienone is 3. The van der Waals surface area contributed by atoms with Crippen LogP contribution in [-0.4, -0.2) is 142 Å². The number of nitrogens with one attached hydrogen (secondary N) is 3. The number of phenols is 1. The third kappa shape index (κ3) is 9.66. The van der Waals surface area contributed by atoms with E-state index in [1.54, 1.807) is 18.4 Å². The number of fused-ring (bicyclic) bond motifs is 2. The van der Waals surface area contributed by atoms with Gasteiger partial charge in [0.2, 0.25) is 12.1 Å². The van der Waals surface area contributed by atoms with Gasteiger partial charge in [0, 0.05) is 80.3 Å². The molecule has 2 aromatic carbocycles. The molecule has 1 unspecified atom stereocenters. The number of amides is 2. The van der Waals surface area contributed by atoms with Crippen molar-refractivity contribution in [3.8, 4) is 17.2 Å². The summed E-state index contributed by atoms with van der Waals surface area (Å²) in [6.07, 6.45) is 3.40. The first-order chi connectivity index (χ1) is 32.0. The van der Waals surface area contributed by atoms with Crippen molar-refractivity contribution in [3.05, 3.63) is 111 Å². The van der Waals surface area contributed by atoms with Gasteiger partial charge in [0.25, 0.3) is 11.8 Å². The second-order valence-electron chi connectivity index (χ2n) is 16.8. The molecule has 2 aromatic rings. The number of benzene rings is 2. The second-order valence-corrected chi connectivity index (χ2v) is 16.8. The number of rotatable bonds is 17. The van der Waals surface area contributed by atoms with Gasteiger partial charge in [0.15, 0.2) is 11.7 Å². The summed E-state index contributed by atoms with van der Waals surface area (Å²) < 4.78 is 17.6. The Bertz CT molecular complexity index is 2480. The number of dihydropyridines is 2. The van der Waals surface area contributed by atoms with Gasteiger partial charge in [-0.05, 0) is 72.6 Å². The number of guanidine groups is 1. The van der Waals surface area contributed by atoms with E-state index in [-0.39, 0.29) is 89.7 Å². The van der Waals surface area contributed by atoms with Gasteiger partial charge in [-0.25, -0.2) is 0 Å². The second kappa shape index (κ2) is 20.1. The van der Waals surface area contributed by atoms with Crippen LogP contribution in [0, 0.1) is 11.8 Å². The van der Waals surface area contributed by atoms with Gasteiger partial charge in [-0.2, -0.15) is 0 Å². The molecule has 2 amide bonds. The van der Waals surface area contributed by atoms with Crippen LogP contribution in [0.25, 0.3) is 0 Å². The van der Waals surface area contributed by atoms with E-state index in [2.05, 4.69) is 20.9 Å². The van der Waals surface area contributed by atoms with E-state index < -0.39 is 84.4 Å². The molecular formula is C46H56N8O13. The molecule has 0 spiro atoms. The van der Waals surface area contributed by atoms with Gasteiger partial charge in [-0.1, -0.05) is 12.2 Å². The van der Waals surface area contributed by atoms with Crippen molar-refractivity contribution in [1.29, 1.82) is 0 Å². The summed E-state index contributed by atoms with van der Waals surface area (Å²) in [7, 11) is 2.77. The minimum absolute atomic E-state index is 0.0300. The Balaban J connectivity index is 1.23. The van der Waals surface area contributed by atoms with Crippen LogP contribution in [0.4, 0.5) is 0 Å². The average molecular weight is 929 g/mol. The monoisotopic (exact) mass is 928 g/mol. The smallest absolute Gasteiger partial charge is 0.253 e. The number of phenolic OH excluding ortho intramolecular Hbond substituents is 1. The SMILES string of the molecule is CN=C(N)NCc1c(C[C@H](CCCO)C2=CNC(N)C=C2)cc2c(c1O)C(=O)c1c(O[C@@H]3O[C@H](CO)[C@](O)(C[C@H](CN4C(=O)C=CC4=O)C4=CCNC(N)=C4)[C@H](O)[C@H]3O)cc(OC)cc1C2=O. The molecule has 67 heavy (non-hydrogen) atoms. The minimum Gasteiger partial charge on any atom is -0.507 e. The fourth-order valence-corrected chi connectivity index (χ4v) is 9.10. The summed E-state index contributed by atoms with van der Waals surface area (Å²) in [5, 5.41) is 77.0. The zero-order valence-corrected chi connectivity index (χ0v) is 36.8. The number of aliphatic hydroxyl groups excluding tert-OH is 4. The van der Waals surface area contributed by atoms with Gasteiger partial charge < -0.3 is 78.0 Å². The number of aliphatic hydroxyl groups is 5. The molecule has 4 heterocycles. The van der Waals surface area contributed by atoms with Crippen molar-refractivity contribution in [2.45, 2.75) is 68.6 Å². The first kappa shape index (κ1) is 48.3. The van der Waals surface area contributed by atoms with Crippen molar-refractivity contribution in [3.63, 3.8) is 0 Å². The standard InChI is InChI=1S/C46H56N8O13/c1-50-45(49)53-19-30-25(12-22(4-3-11-55)24-5-6-33(47)52-18-24)13-28-38(40(30)60)41(61)37-29(39(28)59)15-27(65-2)16-31(37)66-44-42(62)43(63)46(64,32(21-56)67-44)17-26(23-9-10-51-34(48)14-23)20-54-35(57)7-8-36(54)58/h5-9,13-16,18,22,26,32-33,42-44,51-52,55-56,60,62-64H,3-4,10-12,17,19-21,47-48H2,1-2H3,(H3,49,50,53)/t22-,26+,32+,33?,42+,43+,44+,46+/m0/s1. The molecule has 21 heteroatoms. The predicted molar refractivity (Wildman–Crippen MR) is 240 cm³/mol. The van der Waals surface area contributed by atoms with Gasteiger partial charge >= 0.3 is 0 Å². The van der Waals surface area contributed by atoms with Crippen LogP contribution < -0.4 is 42.6 Å². The minimum atomic E-state index is -2.45. The normalized spacial score (nSPS) is 25.6. The van der Waals surface area contributed by atoms with Crippen LogP contribution in [-0.2, 0) is 27.3 Å². The maximum Gasteiger partial charge on any atom is 0.253 e. The van der Waals surface area contributed by atoms with E-state index >= 15 is 0 Å². The van der Waals surface area contributed by atoms with Crippen molar-refractivity contribution >= 4 is 29.3 Å². The Hall–Kier alpha value is -6.59. The van der Waals surface area contributed by atoms with Crippen LogP contribution in [0.15, 0.2) is 82.8 Å². The van der Waals surface area contributed by atoms with Crippen LogP contribution in [0.5, 0.6) is 17.2 Å². The number of aliphatic imine (C=N–C) groups is 1. The number of ether oxygens (including phenoxy) is 3. The van der Waals surface area contributed by atoms with E-state index in [1.807, 2.05) is 6.08 Å². The summed E-state index contributed by atoms with van der Waals surface area (Å²) in [6.45, 7) is -1.14. The van der Waals surface area contributed by atoms with E-state index in [0.29, 0.717) is 24.0 Å². The summed E-state index contributed by atoms with van der Waals surface area (Å²) in [6, 6.07) is 4.09. The van der Waals surface area contributed by atoms with Crippen molar-refractivity contribution in [1.82, 2.24) is 20.9 Å². The van der Waals surface area contributed by atoms with Crippen LogP contribution in [0.3, 0.4) is 0 Å². The van der Waals surface area contributed by atoms with Gasteiger partial charge in [0.1, 0.15) is 41.2 Å². The summed E-state index contributed by atoms with van der Waals surface area (Å²) in [4.78, 5) is 59.6. The molecule has 4 aliphatic heterocycles. The van der Waals surface area contributed by atoms with Crippen molar-refractivity contribution in [2.24, 2.45) is 34.0 Å². The Morgan fingerprint density at radius 3 is 2.42 bits per heavy atom. The molecule has 15 N–H and O–H groups in total. The fraction of sp³-hybridized carbons (Fsp3) is 0.413. The molecule has 0 radical (unpaired) electrons. The average Bonchev–Trinajstić information content (AvgIpc) is 3.63. The van der Waals surface area contributed by atoms with Crippen molar-refractivity contribution in [2.75, 3.05) is 40.5 Å². The maximum absolute atomic E-state index is 14.8. The van der Waals surface area contributed by atoms with Gasteiger partial charge in [-0.15, -0.1) is 0 Å². The van der Waals surface area contributed by atoms with Crippen LogP contribution in [0.2, 0.25) is 0 Å². The number of imide groups is 1. The Kier molecular flexibility index (Phi) is 14.5.